The third kappa shape index (κ3) is 4.90. The lowest BCUT2D eigenvalue weighted by atomic mass is 10.1. The first-order valence-electron chi connectivity index (χ1n) is 7.74. The summed E-state index contributed by atoms with van der Waals surface area (Å²) in [4.78, 5) is 24.3. The van der Waals surface area contributed by atoms with E-state index in [4.69, 9.17) is 4.42 Å². The standard InChI is InChI=1S/C18H21FN2O4/c1-10-13(16(23)20-12-7-5-11(19)6-8-12)9-14(25-10)15(22)17(24)21-18(2,3)4/h5-9,15,22H,1-4H3,(H,20,23)(H,21,24). The quantitative estimate of drug-likeness (QED) is 0.792. The van der Waals surface area contributed by atoms with Crippen molar-refractivity contribution in [2.75, 3.05) is 5.32 Å². The van der Waals surface area contributed by atoms with Crippen molar-refractivity contribution >= 4 is 17.5 Å². The molecule has 0 radical (unpaired) electrons. The van der Waals surface area contributed by atoms with E-state index in [1.807, 2.05) is 0 Å². The van der Waals surface area contributed by atoms with Gasteiger partial charge in [0, 0.05) is 11.2 Å². The van der Waals surface area contributed by atoms with Crippen LogP contribution in [-0.2, 0) is 4.79 Å². The maximum atomic E-state index is 12.9. The average Bonchev–Trinajstić information content (AvgIpc) is 2.89. The van der Waals surface area contributed by atoms with E-state index in [0.717, 1.165) is 0 Å². The van der Waals surface area contributed by atoms with Gasteiger partial charge in [0.2, 0.25) is 0 Å². The van der Waals surface area contributed by atoms with E-state index in [1.165, 1.54) is 30.3 Å². The zero-order chi connectivity index (χ0) is 18.8. The molecule has 0 fully saturated rings. The van der Waals surface area contributed by atoms with Gasteiger partial charge in [-0.2, -0.15) is 0 Å². The molecule has 134 valence electrons. The topological polar surface area (TPSA) is 91.6 Å². The molecule has 25 heavy (non-hydrogen) atoms. The minimum absolute atomic E-state index is 0.0245. The maximum absolute atomic E-state index is 12.9. The second-order valence-corrected chi connectivity index (χ2v) is 6.72. The molecule has 0 saturated carbocycles. The van der Waals surface area contributed by atoms with Gasteiger partial charge in [0.15, 0.2) is 6.10 Å². The number of nitrogens with one attached hydrogen (secondary N) is 2. The van der Waals surface area contributed by atoms with Crippen LogP contribution in [0.1, 0.15) is 48.8 Å². The Balaban J connectivity index is 2.14. The Kier molecular flexibility index (Phi) is 5.27. The molecule has 0 saturated heterocycles. The van der Waals surface area contributed by atoms with Gasteiger partial charge in [-0.05, 0) is 58.0 Å². The van der Waals surface area contributed by atoms with Crippen molar-refractivity contribution in [3.63, 3.8) is 0 Å². The molecule has 1 aromatic carbocycles. The van der Waals surface area contributed by atoms with Gasteiger partial charge < -0.3 is 20.2 Å². The Morgan fingerprint density at radius 2 is 1.80 bits per heavy atom. The lowest BCUT2D eigenvalue weighted by molar-refractivity contribution is -0.131. The van der Waals surface area contributed by atoms with Gasteiger partial charge in [0.05, 0.1) is 5.56 Å². The van der Waals surface area contributed by atoms with Crippen LogP contribution in [0, 0.1) is 12.7 Å². The van der Waals surface area contributed by atoms with E-state index in [-0.39, 0.29) is 17.1 Å². The van der Waals surface area contributed by atoms with Gasteiger partial charge in [-0.1, -0.05) is 0 Å². The Morgan fingerprint density at radius 1 is 1.20 bits per heavy atom. The first-order chi connectivity index (χ1) is 11.6. The fourth-order valence-corrected chi connectivity index (χ4v) is 2.16. The number of rotatable bonds is 4. The molecule has 1 heterocycles. The van der Waals surface area contributed by atoms with E-state index in [0.29, 0.717) is 5.69 Å². The normalized spacial score (nSPS) is 12.6. The number of hydrogen-bond acceptors (Lipinski definition) is 4. The summed E-state index contributed by atoms with van der Waals surface area (Å²) in [7, 11) is 0. The second kappa shape index (κ2) is 7.06. The van der Waals surface area contributed by atoms with Crippen LogP contribution in [-0.4, -0.2) is 22.5 Å². The molecule has 1 atom stereocenters. The summed E-state index contributed by atoms with van der Waals surface area (Å²) in [5, 5.41) is 15.3. The molecule has 1 aromatic heterocycles. The van der Waals surface area contributed by atoms with Gasteiger partial charge in [-0.25, -0.2) is 4.39 Å². The summed E-state index contributed by atoms with van der Waals surface area (Å²) >= 11 is 0. The molecular weight excluding hydrogens is 327 g/mol. The zero-order valence-corrected chi connectivity index (χ0v) is 14.5. The third-order valence-corrected chi connectivity index (χ3v) is 3.30. The van der Waals surface area contributed by atoms with Gasteiger partial charge in [0.1, 0.15) is 17.3 Å². The Hall–Kier alpha value is -2.67. The molecule has 2 aromatic rings. The number of carbonyl (C=O) groups is 2. The third-order valence-electron chi connectivity index (χ3n) is 3.30. The van der Waals surface area contributed by atoms with Crippen LogP contribution < -0.4 is 10.6 Å². The van der Waals surface area contributed by atoms with Crippen molar-refractivity contribution in [1.82, 2.24) is 5.32 Å². The van der Waals surface area contributed by atoms with Crippen molar-refractivity contribution in [3.8, 4) is 0 Å². The summed E-state index contributed by atoms with van der Waals surface area (Å²) in [6.45, 7) is 6.91. The molecule has 0 aliphatic carbocycles. The summed E-state index contributed by atoms with van der Waals surface area (Å²) in [5.74, 6) is -1.28. The monoisotopic (exact) mass is 348 g/mol. The number of aliphatic hydroxyl groups excluding tert-OH is 1. The van der Waals surface area contributed by atoms with Crippen molar-refractivity contribution in [3.05, 3.63) is 53.2 Å². The zero-order valence-electron chi connectivity index (χ0n) is 14.5. The van der Waals surface area contributed by atoms with Crippen LogP contribution in [0.2, 0.25) is 0 Å². The lowest BCUT2D eigenvalue weighted by Crippen LogP contribution is -2.43. The number of hydrogen-bond donors (Lipinski definition) is 3. The second-order valence-electron chi connectivity index (χ2n) is 6.72. The molecule has 0 aliphatic rings. The maximum Gasteiger partial charge on any atom is 0.259 e. The molecule has 0 aliphatic heterocycles. The van der Waals surface area contributed by atoms with Crippen molar-refractivity contribution < 1.29 is 23.5 Å². The molecule has 2 amide bonds. The average molecular weight is 348 g/mol. The van der Waals surface area contributed by atoms with Crippen LogP contribution in [0.4, 0.5) is 10.1 Å². The largest absolute Gasteiger partial charge is 0.462 e. The van der Waals surface area contributed by atoms with Crippen LogP contribution >= 0.6 is 0 Å². The molecular formula is C18H21FN2O4. The summed E-state index contributed by atoms with van der Waals surface area (Å²) in [6, 6.07) is 6.62. The SMILES string of the molecule is Cc1oc(C(O)C(=O)NC(C)(C)C)cc1C(=O)Nc1ccc(F)cc1. The number of amides is 2. The number of anilines is 1. The molecule has 0 spiro atoms. The fraction of sp³-hybridized carbons (Fsp3) is 0.333. The van der Waals surface area contributed by atoms with Crippen molar-refractivity contribution in [2.45, 2.75) is 39.3 Å². The van der Waals surface area contributed by atoms with E-state index in [1.54, 1.807) is 27.7 Å². The highest BCUT2D eigenvalue weighted by Crippen LogP contribution is 2.23. The number of furan rings is 1. The van der Waals surface area contributed by atoms with Gasteiger partial charge >= 0.3 is 0 Å². The Morgan fingerprint density at radius 3 is 2.36 bits per heavy atom. The molecule has 2 rings (SSSR count). The van der Waals surface area contributed by atoms with Gasteiger partial charge in [0.25, 0.3) is 11.8 Å². The summed E-state index contributed by atoms with van der Waals surface area (Å²) < 4.78 is 18.3. The lowest BCUT2D eigenvalue weighted by Gasteiger charge is -2.21. The molecule has 6 nitrogen and oxygen atoms in total. The van der Waals surface area contributed by atoms with Gasteiger partial charge in [-0.3, -0.25) is 9.59 Å². The van der Waals surface area contributed by atoms with Crippen LogP contribution in [0.3, 0.4) is 0 Å². The first kappa shape index (κ1) is 18.7. The molecule has 1 unspecified atom stereocenters. The minimum Gasteiger partial charge on any atom is -0.462 e. The Labute approximate surface area is 145 Å². The molecule has 7 heteroatoms. The van der Waals surface area contributed by atoms with Crippen molar-refractivity contribution in [2.24, 2.45) is 0 Å². The number of carbonyl (C=O) groups excluding carboxylic acids is 2. The molecule has 0 bridgehead atoms. The summed E-state index contributed by atoms with van der Waals surface area (Å²) in [6.07, 6.45) is -1.52. The van der Waals surface area contributed by atoms with E-state index >= 15 is 0 Å². The predicted molar refractivity (Wildman–Crippen MR) is 90.7 cm³/mol. The number of benzene rings is 1. The van der Waals surface area contributed by atoms with E-state index in [9.17, 15) is 19.1 Å². The van der Waals surface area contributed by atoms with E-state index < -0.39 is 29.3 Å². The highest BCUT2D eigenvalue weighted by molar-refractivity contribution is 6.05. The predicted octanol–water partition coefficient (Wildman–Crippen LogP) is 2.93. The molecule has 3 N–H and O–H groups in total. The fourth-order valence-electron chi connectivity index (χ4n) is 2.16. The number of halogens is 1. The smallest absolute Gasteiger partial charge is 0.259 e. The number of aryl methyl sites for hydroxylation is 1. The van der Waals surface area contributed by atoms with Crippen LogP contribution in [0.5, 0.6) is 0 Å². The van der Waals surface area contributed by atoms with E-state index in [2.05, 4.69) is 10.6 Å². The number of aliphatic hydroxyl groups is 1. The van der Waals surface area contributed by atoms with Crippen LogP contribution in [0.25, 0.3) is 0 Å². The Bertz CT molecular complexity index is 775. The van der Waals surface area contributed by atoms with Gasteiger partial charge in [-0.15, -0.1) is 0 Å². The minimum atomic E-state index is -1.52. The van der Waals surface area contributed by atoms with Crippen molar-refractivity contribution in [1.29, 1.82) is 0 Å². The summed E-state index contributed by atoms with van der Waals surface area (Å²) in [5.41, 5.74) is 0.0872. The highest BCUT2D eigenvalue weighted by Gasteiger charge is 2.27. The highest BCUT2D eigenvalue weighted by atomic mass is 19.1. The van der Waals surface area contributed by atoms with Crippen LogP contribution in [0.15, 0.2) is 34.7 Å². The first-order valence-corrected chi connectivity index (χ1v) is 7.74.